The minimum absolute atomic E-state index is 0.160. The fraction of sp³-hybridized carbons (Fsp3) is 0.857. The Labute approximate surface area is 66.2 Å². The minimum Gasteiger partial charge on any atom is -0.465 e. The Morgan fingerprint density at radius 3 is 2.45 bits per heavy atom. The molecule has 0 aromatic carbocycles. The zero-order valence-corrected chi connectivity index (χ0v) is 6.92. The molecule has 0 saturated carbocycles. The number of carbonyl (C=O) groups is 1. The van der Waals surface area contributed by atoms with Gasteiger partial charge in [-0.25, -0.2) is 4.79 Å². The Kier molecular flexibility index (Phi) is 3.89. The predicted octanol–water partition coefficient (Wildman–Crippen LogP) is 0.805. The second-order valence-electron chi connectivity index (χ2n) is 2.90. The van der Waals surface area contributed by atoms with E-state index in [0.29, 0.717) is 6.42 Å². The van der Waals surface area contributed by atoms with Crippen molar-refractivity contribution >= 4 is 6.09 Å². The van der Waals surface area contributed by atoms with Crippen LogP contribution in [-0.4, -0.2) is 28.5 Å². The van der Waals surface area contributed by atoms with E-state index in [-0.39, 0.29) is 6.61 Å². The molecule has 0 spiro atoms. The van der Waals surface area contributed by atoms with Gasteiger partial charge in [0.15, 0.2) is 0 Å². The first-order chi connectivity index (χ1) is 5.04. The molecule has 0 aliphatic rings. The number of carboxylic acid groups (broad SMARTS) is 1. The van der Waals surface area contributed by atoms with Crippen LogP contribution in [-0.2, 0) is 0 Å². The first-order valence-electron chi connectivity index (χ1n) is 3.66. The Morgan fingerprint density at radius 2 is 2.18 bits per heavy atom. The molecule has 0 aromatic rings. The monoisotopic (exact) mass is 161 g/mol. The molecule has 11 heavy (non-hydrogen) atoms. The van der Waals surface area contributed by atoms with Crippen molar-refractivity contribution < 1.29 is 15.0 Å². The number of hydrogen-bond donors (Lipinski definition) is 3. The molecule has 66 valence electrons. The average Bonchev–Trinajstić information content (AvgIpc) is 1.87. The van der Waals surface area contributed by atoms with Crippen LogP contribution < -0.4 is 5.32 Å². The van der Waals surface area contributed by atoms with Crippen LogP contribution in [0.4, 0.5) is 4.79 Å². The van der Waals surface area contributed by atoms with Crippen molar-refractivity contribution in [3.05, 3.63) is 0 Å². The van der Waals surface area contributed by atoms with Crippen LogP contribution in [0.25, 0.3) is 0 Å². The molecule has 1 amide bonds. The number of amides is 1. The van der Waals surface area contributed by atoms with Gasteiger partial charge in [0.25, 0.3) is 0 Å². The summed E-state index contributed by atoms with van der Waals surface area (Å²) in [5, 5.41) is 19.5. The van der Waals surface area contributed by atoms with Crippen LogP contribution in [0.15, 0.2) is 0 Å². The summed E-state index contributed by atoms with van der Waals surface area (Å²) in [6, 6.07) is 0. The molecule has 0 saturated heterocycles. The van der Waals surface area contributed by atoms with Gasteiger partial charge in [-0.05, 0) is 13.3 Å². The minimum atomic E-state index is -1.09. The summed E-state index contributed by atoms with van der Waals surface area (Å²) in [5.74, 6) is 0. The van der Waals surface area contributed by atoms with Crippen molar-refractivity contribution in [2.24, 2.45) is 0 Å². The fourth-order valence-corrected chi connectivity index (χ4v) is 0.991. The zero-order valence-electron chi connectivity index (χ0n) is 6.92. The van der Waals surface area contributed by atoms with E-state index in [1.165, 1.54) is 0 Å². The summed E-state index contributed by atoms with van der Waals surface area (Å²) in [7, 11) is 0. The number of aliphatic hydroxyl groups excluding tert-OH is 1. The highest BCUT2D eigenvalue weighted by Crippen LogP contribution is 2.10. The van der Waals surface area contributed by atoms with E-state index in [2.05, 4.69) is 5.32 Å². The molecule has 0 aliphatic heterocycles. The van der Waals surface area contributed by atoms with Crippen LogP contribution in [0.3, 0.4) is 0 Å². The highest BCUT2D eigenvalue weighted by molar-refractivity contribution is 5.65. The molecule has 0 heterocycles. The van der Waals surface area contributed by atoms with E-state index in [0.717, 1.165) is 6.42 Å². The van der Waals surface area contributed by atoms with Gasteiger partial charge in [-0.1, -0.05) is 13.3 Å². The third-order valence-corrected chi connectivity index (χ3v) is 1.56. The number of rotatable bonds is 4. The van der Waals surface area contributed by atoms with E-state index >= 15 is 0 Å². The van der Waals surface area contributed by atoms with E-state index < -0.39 is 11.6 Å². The van der Waals surface area contributed by atoms with Gasteiger partial charge in [0.05, 0.1) is 12.1 Å². The highest BCUT2D eigenvalue weighted by atomic mass is 16.4. The molecule has 0 bridgehead atoms. The maximum Gasteiger partial charge on any atom is 0.405 e. The zero-order chi connectivity index (χ0) is 8.91. The molecule has 0 aromatic heterocycles. The van der Waals surface area contributed by atoms with Gasteiger partial charge in [-0.15, -0.1) is 0 Å². The average molecular weight is 161 g/mol. The van der Waals surface area contributed by atoms with Crippen LogP contribution in [0, 0.1) is 0 Å². The molecular weight excluding hydrogens is 146 g/mol. The lowest BCUT2D eigenvalue weighted by atomic mass is 9.98. The van der Waals surface area contributed by atoms with Crippen molar-refractivity contribution in [3.8, 4) is 0 Å². The van der Waals surface area contributed by atoms with Crippen molar-refractivity contribution in [1.29, 1.82) is 0 Å². The lowest BCUT2D eigenvalue weighted by Gasteiger charge is -2.26. The topological polar surface area (TPSA) is 69.6 Å². The maximum absolute atomic E-state index is 10.2. The van der Waals surface area contributed by atoms with Crippen LogP contribution in [0.5, 0.6) is 0 Å². The van der Waals surface area contributed by atoms with Gasteiger partial charge in [-0.3, -0.25) is 0 Å². The fourth-order valence-electron chi connectivity index (χ4n) is 0.991. The van der Waals surface area contributed by atoms with Crippen LogP contribution >= 0.6 is 0 Å². The predicted molar refractivity (Wildman–Crippen MR) is 41.6 cm³/mol. The number of hydrogen-bond acceptors (Lipinski definition) is 2. The second-order valence-corrected chi connectivity index (χ2v) is 2.90. The Balaban J connectivity index is 3.98. The van der Waals surface area contributed by atoms with Gasteiger partial charge in [0, 0.05) is 0 Å². The van der Waals surface area contributed by atoms with Crippen molar-refractivity contribution in [3.63, 3.8) is 0 Å². The quantitative estimate of drug-likeness (QED) is 0.571. The standard InChI is InChI=1S/C7H15NO3/c1-3-4-7(2,5-9)8-6(10)11/h8-9H,3-5H2,1-2H3,(H,10,11). The molecule has 4 nitrogen and oxygen atoms in total. The normalized spacial score (nSPS) is 15.5. The summed E-state index contributed by atoms with van der Waals surface area (Å²) in [6.45, 7) is 3.47. The Morgan fingerprint density at radius 1 is 1.64 bits per heavy atom. The third kappa shape index (κ3) is 3.83. The summed E-state index contributed by atoms with van der Waals surface area (Å²) < 4.78 is 0. The molecule has 0 fully saturated rings. The molecule has 1 atom stereocenters. The molecular formula is C7H15NO3. The molecule has 0 radical (unpaired) electrons. The van der Waals surface area contributed by atoms with Crippen LogP contribution in [0.1, 0.15) is 26.7 Å². The Hall–Kier alpha value is -0.770. The highest BCUT2D eigenvalue weighted by Gasteiger charge is 2.23. The third-order valence-electron chi connectivity index (χ3n) is 1.56. The molecule has 0 aliphatic carbocycles. The van der Waals surface area contributed by atoms with Crippen molar-refractivity contribution in [2.45, 2.75) is 32.2 Å². The summed E-state index contributed by atoms with van der Waals surface area (Å²) >= 11 is 0. The summed E-state index contributed by atoms with van der Waals surface area (Å²) in [4.78, 5) is 10.2. The van der Waals surface area contributed by atoms with E-state index in [1.54, 1.807) is 6.92 Å². The van der Waals surface area contributed by atoms with Crippen molar-refractivity contribution in [2.75, 3.05) is 6.61 Å². The van der Waals surface area contributed by atoms with Gasteiger partial charge in [0.2, 0.25) is 0 Å². The van der Waals surface area contributed by atoms with Gasteiger partial charge in [-0.2, -0.15) is 0 Å². The summed E-state index contributed by atoms with van der Waals surface area (Å²) in [6.07, 6.45) is 0.405. The summed E-state index contributed by atoms with van der Waals surface area (Å²) in [5.41, 5.74) is -0.680. The van der Waals surface area contributed by atoms with Crippen LogP contribution in [0.2, 0.25) is 0 Å². The van der Waals surface area contributed by atoms with E-state index in [9.17, 15) is 4.79 Å². The molecule has 1 unspecified atom stereocenters. The molecule has 3 N–H and O–H groups in total. The van der Waals surface area contributed by atoms with Gasteiger partial charge in [0.1, 0.15) is 0 Å². The van der Waals surface area contributed by atoms with E-state index in [4.69, 9.17) is 10.2 Å². The van der Waals surface area contributed by atoms with Crippen molar-refractivity contribution in [1.82, 2.24) is 5.32 Å². The SMILES string of the molecule is CCCC(C)(CO)NC(=O)O. The second kappa shape index (κ2) is 4.18. The Bertz CT molecular complexity index is 138. The first kappa shape index (κ1) is 10.2. The largest absolute Gasteiger partial charge is 0.465 e. The first-order valence-corrected chi connectivity index (χ1v) is 3.66. The number of aliphatic hydroxyl groups is 1. The number of nitrogens with one attached hydrogen (secondary N) is 1. The molecule has 0 rings (SSSR count). The lowest BCUT2D eigenvalue weighted by molar-refractivity contribution is 0.141. The van der Waals surface area contributed by atoms with E-state index in [1.807, 2.05) is 6.92 Å². The lowest BCUT2D eigenvalue weighted by Crippen LogP contribution is -2.48. The van der Waals surface area contributed by atoms with Gasteiger partial charge >= 0.3 is 6.09 Å². The smallest absolute Gasteiger partial charge is 0.405 e. The maximum atomic E-state index is 10.2. The molecule has 4 heteroatoms. The van der Waals surface area contributed by atoms with Gasteiger partial charge < -0.3 is 15.5 Å².